The number of hydrogen-bond acceptors (Lipinski definition) is 3. The second-order valence-corrected chi connectivity index (χ2v) is 6.04. The van der Waals surface area contributed by atoms with Crippen LogP contribution in [0.1, 0.15) is 36.8 Å². The molecule has 0 aliphatic carbocycles. The van der Waals surface area contributed by atoms with E-state index in [1.54, 1.807) is 17.9 Å². The first-order chi connectivity index (χ1) is 11.0. The third-order valence-corrected chi connectivity index (χ3v) is 4.05. The number of nitrogens with zero attached hydrogens (tertiary/aromatic N) is 3. The van der Waals surface area contributed by atoms with E-state index in [1.165, 1.54) is 0 Å². The standard InChI is InChI=1S/C18H21N3O2/c1-12(2)17-19-9-16-18(22)20(13(3)10-21(16)17)11-14-5-7-15(23-4)8-6-14/h5-10,12H,11H2,1-4H3. The van der Waals surface area contributed by atoms with Crippen molar-refractivity contribution in [2.45, 2.75) is 33.2 Å². The minimum atomic E-state index is -0.0137. The molecule has 0 fully saturated rings. The number of benzene rings is 1. The molecule has 0 aliphatic rings. The first-order valence-electron chi connectivity index (χ1n) is 7.71. The Labute approximate surface area is 135 Å². The van der Waals surface area contributed by atoms with Crippen LogP contribution in [0.4, 0.5) is 0 Å². The Balaban J connectivity index is 2.05. The molecule has 2 aromatic heterocycles. The van der Waals surface area contributed by atoms with E-state index in [0.717, 1.165) is 22.8 Å². The molecule has 0 saturated heterocycles. The summed E-state index contributed by atoms with van der Waals surface area (Å²) in [6, 6.07) is 7.77. The van der Waals surface area contributed by atoms with E-state index in [0.29, 0.717) is 12.1 Å². The van der Waals surface area contributed by atoms with Crippen LogP contribution in [0.15, 0.2) is 41.5 Å². The summed E-state index contributed by atoms with van der Waals surface area (Å²) in [6.45, 7) is 6.64. The van der Waals surface area contributed by atoms with Crippen molar-refractivity contribution in [3.63, 3.8) is 0 Å². The van der Waals surface area contributed by atoms with E-state index in [4.69, 9.17) is 4.74 Å². The van der Waals surface area contributed by atoms with Gasteiger partial charge in [-0.3, -0.25) is 9.20 Å². The molecule has 3 aromatic rings. The number of hydrogen-bond donors (Lipinski definition) is 0. The van der Waals surface area contributed by atoms with Crippen LogP contribution in [0.3, 0.4) is 0 Å². The first kappa shape index (κ1) is 15.3. The van der Waals surface area contributed by atoms with Gasteiger partial charge in [0, 0.05) is 17.8 Å². The SMILES string of the molecule is COc1ccc(Cn2c(C)cn3c(C(C)C)ncc3c2=O)cc1. The molecule has 0 saturated carbocycles. The summed E-state index contributed by atoms with van der Waals surface area (Å²) >= 11 is 0. The van der Waals surface area contributed by atoms with Crippen molar-refractivity contribution < 1.29 is 4.74 Å². The van der Waals surface area contributed by atoms with Gasteiger partial charge in [0.1, 0.15) is 17.1 Å². The zero-order valence-electron chi connectivity index (χ0n) is 13.9. The topological polar surface area (TPSA) is 48.5 Å². The van der Waals surface area contributed by atoms with Gasteiger partial charge >= 0.3 is 0 Å². The fourth-order valence-corrected chi connectivity index (χ4v) is 2.76. The molecule has 0 radical (unpaired) electrons. The van der Waals surface area contributed by atoms with Crippen molar-refractivity contribution in [2.24, 2.45) is 0 Å². The number of aromatic nitrogens is 3. The Kier molecular flexibility index (Phi) is 3.94. The number of aryl methyl sites for hydroxylation is 1. The van der Waals surface area contributed by atoms with Gasteiger partial charge in [-0.05, 0) is 24.6 Å². The fraction of sp³-hybridized carbons (Fsp3) is 0.333. The number of methoxy groups -OCH3 is 1. The molecule has 0 N–H and O–H groups in total. The van der Waals surface area contributed by atoms with Gasteiger partial charge in [-0.2, -0.15) is 0 Å². The zero-order valence-corrected chi connectivity index (χ0v) is 13.9. The lowest BCUT2D eigenvalue weighted by atomic mass is 10.2. The highest BCUT2D eigenvalue weighted by Crippen LogP contribution is 2.16. The molecule has 0 atom stereocenters. The van der Waals surface area contributed by atoms with E-state index < -0.39 is 0 Å². The van der Waals surface area contributed by atoms with Crippen LogP contribution in [-0.4, -0.2) is 21.1 Å². The fourth-order valence-electron chi connectivity index (χ4n) is 2.76. The van der Waals surface area contributed by atoms with Crippen molar-refractivity contribution in [3.8, 4) is 5.75 Å². The summed E-state index contributed by atoms with van der Waals surface area (Å²) in [5.41, 5.74) is 2.58. The molecule has 0 amide bonds. The van der Waals surface area contributed by atoms with Crippen LogP contribution in [0.2, 0.25) is 0 Å². The minimum absolute atomic E-state index is 0.0137. The van der Waals surface area contributed by atoms with Crippen LogP contribution in [0, 0.1) is 6.92 Å². The molecule has 23 heavy (non-hydrogen) atoms. The Bertz CT molecular complexity index is 889. The maximum absolute atomic E-state index is 12.8. The molecule has 5 heteroatoms. The lowest BCUT2D eigenvalue weighted by Gasteiger charge is -2.13. The third kappa shape index (κ3) is 2.74. The van der Waals surface area contributed by atoms with E-state index in [1.807, 2.05) is 41.8 Å². The number of imidazole rings is 1. The lowest BCUT2D eigenvalue weighted by molar-refractivity contribution is 0.414. The molecule has 0 spiro atoms. The minimum Gasteiger partial charge on any atom is -0.497 e. The van der Waals surface area contributed by atoms with Crippen molar-refractivity contribution >= 4 is 5.52 Å². The Morgan fingerprint density at radius 2 is 1.91 bits per heavy atom. The summed E-state index contributed by atoms with van der Waals surface area (Å²) in [5, 5.41) is 0. The molecule has 3 rings (SSSR count). The largest absolute Gasteiger partial charge is 0.497 e. The molecule has 2 heterocycles. The second-order valence-electron chi connectivity index (χ2n) is 6.04. The van der Waals surface area contributed by atoms with Crippen LogP contribution < -0.4 is 10.3 Å². The average molecular weight is 311 g/mol. The highest BCUT2D eigenvalue weighted by atomic mass is 16.5. The van der Waals surface area contributed by atoms with Crippen molar-refractivity contribution in [2.75, 3.05) is 7.11 Å². The first-order valence-corrected chi connectivity index (χ1v) is 7.71. The van der Waals surface area contributed by atoms with Gasteiger partial charge in [-0.15, -0.1) is 0 Å². The average Bonchev–Trinajstić information content (AvgIpc) is 2.96. The molecule has 120 valence electrons. The highest BCUT2D eigenvalue weighted by Gasteiger charge is 2.13. The Hall–Kier alpha value is -2.56. The normalized spacial score (nSPS) is 11.3. The van der Waals surface area contributed by atoms with Gasteiger partial charge in [-0.1, -0.05) is 26.0 Å². The van der Waals surface area contributed by atoms with Crippen molar-refractivity contribution in [1.29, 1.82) is 0 Å². The molecule has 0 bridgehead atoms. The number of fused-ring (bicyclic) bond motifs is 1. The Morgan fingerprint density at radius 1 is 1.22 bits per heavy atom. The van der Waals surface area contributed by atoms with Gasteiger partial charge in [-0.25, -0.2) is 4.98 Å². The number of ether oxygens (including phenoxy) is 1. The maximum Gasteiger partial charge on any atom is 0.276 e. The lowest BCUT2D eigenvalue weighted by Crippen LogP contribution is -2.25. The number of rotatable bonds is 4. The molecule has 0 unspecified atom stereocenters. The van der Waals surface area contributed by atoms with E-state index in [-0.39, 0.29) is 11.5 Å². The van der Waals surface area contributed by atoms with Gasteiger partial charge in [0.2, 0.25) is 0 Å². The van der Waals surface area contributed by atoms with Crippen LogP contribution >= 0.6 is 0 Å². The summed E-state index contributed by atoms with van der Waals surface area (Å²) in [7, 11) is 1.64. The smallest absolute Gasteiger partial charge is 0.276 e. The predicted octanol–water partition coefficient (Wildman–Crippen LogP) is 2.98. The van der Waals surface area contributed by atoms with Gasteiger partial charge < -0.3 is 9.30 Å². The zero-order chi connectivity index (χ0) is 16.6. The monoisotopic (exact) mass is 311 g/mol. The molecule has 1 aromatic carbocycles. The van der Waals surface area contributed by atoms with Gasteiger partial charge in [0.25, 0.3) is 5.56 Å². The summed E-state index contributed by atoms with van der Waals surface area (Å²) in [5.74, 6) is 2.00. The van der Waals surface area contributed by atoms with Crippen molar-refractivity contribution in [3.05, 3.63) is 64.1 Å². The molecular weight excluding hydrogens is 290 g/mol. The van der Waals surface area contributed by atoms with E-state index in [9.17, 15) is 4.79 Å². The van der Waals surface area contributed by atoms with Crippen LogP contribution in [0.25, 0.3) is 5.52 Å². The second kappa shape index (κ2) is 5.91. The quantitative estimate of drug-likeness (QED) is 0.744. The van der Waals surface area contributed by atoms with Crippen molar-refractivity contribution in [1.82, 2.24) is 14.0 Å². The maximum atomic E-state index is 12.8. The molecule has 0 aliphatic heterocycles. The molecule has 5 nitrogen and oxygen atoms in total. The van der Waals surface area contributed by atoms with Gasteiger partial charge in [0.15, 0.2) is 0 Å². The van der Waals surface area contributed by atoms with Gasteiger partial charge in [0.05, 0.1) is 19.9 Å². The summed E-state index contributed by atoms with van der Waals surface area (Å²) in [4.78, 5) is 17.2. The van der Waals surface area contributed by atoms with E-state index in [2.05, 4.69) is 18.8 Å². The third-order valence-electron chi connectivity index (χ3n) is 4.05. The highest BCUT2D eigenvalue weighted by molar-refractivity contribution is 5.45. The summed E-state index contributed by atoms with van der Waals surface area (Å²) < 4.78 is 8.86. The molecular formula is C18H21N3O2. The summed E-state index contributed by atoms with van der Waals surface area (Å²) in [6.07, 6.45) is 3.66. The van der Waals surface area contributed by atoms with Crippen LogP contribution in [-0.2, 0) is 6.54 Å². The Morgan fingerprint density at radius 3 is 2.52 bits per heavy atom. The van der Waals surface area contributed by atoms with E-state index >= 15 is 0 Å². The van der Waals surface area contributed by atoms with Crippen LogP contribution in [0.5, 0.6) is 5.75 Å². The predicted molar refractivity (Wildman–Crippen MR) is 90.4 cm³/mol.